The highest BCUT2D eigenvalue weighted by Crippen LogP contribution is 2.29. The van der Waals surface area contributed by atoms with E-state index in [0.717, 1.165) is 12.8 Å². The second-order valence-electron chi connectivity index (χ2n) is 5.27. The number of nitrogens with zero attached hydrogens (tertiary/aromatic N) is 3. The third-order valence-electron chi connectivity index (χ3n) is 3.94. The van der Waals surface area contributed by atoms with Crippen LogP contribution in [0.2, 0.25) is 0 Å². The van der Waals surface area contributed by atoms with E-state index in [1.165, 1.54) is 11.4 Å². The van der Waals surface area contributed by atoms with Crippen molar-refractivity contribution in [2.75, 3.05) is 13.7 Å². The molecule has 0 aromatic carbocycles. The molecule has 0 bridgehead atoms. The highest BCUT2D eigenvalue weighted by atomic mass is 32.2. The number of hydrogen-bond acceptors (Lipinski definition) is 5. The van der Waals surface area contributed by atoms with Gasteiger partial charge in [-0.25, -0.2) is 8.42 Å². The highest BCUT2D eigenvalue weighted by molar-refractivity contribution is 7.89. The molecule has 0 saturated carbocycles. The number of rotatable bonds is 3. The van der Waals surface area contributed by atoms with Crippen molar-refractivity contribution in [3.05, 3.63) is 11.4 Å². The van der Waals surface area contributed by atoms with Gasteiger partial charge in [0, 0.05) is 13.6 Å². The summed E-state index contributed by atoms with van der Waals surface area (Å²) in [7, 11) is -0.774. The first-order chi connectivity index (χ1) is 9.80. The van der Waals surface area contributed by atoms with Crippen LogP contribution in [0.5, 0.6) is 0 Å². The van der Waals surface area contributed by atoms with Gasteiger partial charge in [0.2, 0.25) is 10.0 Å². The third kappa shape index (κ3) is 2.69. The van der Waals surface area contributed by atoms with Crippen molar-refractivity contribution in [2.45, 2.75) is 44.0 Å². The maximum atomic E-state index is 12.9. The van der Waals surface area contributed by atoms with Crippen LogP contribution in [0.1, 0.15) is 30.7 Å². The lowest BCUT2D eigenvalue weighted by Crippen LogP contribution is -2.48. The molecule has 0 radical (unpaired) electrons. The van der Waals surface area contributed by atoms with Crippen LogP contribution in [0.4, 0.5) is 0 Å². The fourth-order valence-electron chi connectivity index (χ4n) is 2.81. The minimum Gasteiger partial charge on any atom is -0.468 e. The first kappa shape index (κ1) is 16.0. The second-order valence-corrected chi connectivity index (χ2v) is 7.10. The first-order valence-electron chi connectivity index (χ1n) is 6.90. The summed E-state index contributed by atoms with van der Waals surface area (Å²) in [6, 6.07) is -0.743. The van der Waals surface area contributed by atoms with Crippen molar-refractivity contribution >= 4 is 16.0 Å². The molecule has 8 heteroatoms. The van der Waals surface area contributed by atoms with E-state index in [9.17, 15) is 13.2 Å². The SMILES string of the molecule is COC(=O)C1CCCCN1S(=O)(=O)c1c(C)nn(C)c1C. The number of piperidine rings is 1. The van der Waals surface area contributed by atoms with Crippen molar-refractivity contribution < 1.29 is 17.9 Å². The van der Waals surface area contributed by atoms with Gasteiger partial charge in [-0.1, -0.05) is 0 Å². The van der Waals surface area contributed by atoms with E-state index in [4.69, 9.17) is 4.74 Å². The van der Waals surface area contributed by atoms with E-state index in [2.05, 4.69) is 5.10 Å². The topological polar surface area (TPSA) is 81.5 Å². The quantitative estimate of drug-likeness (QED) is 0.769. The first-order valence-corrected chi connectivity index (χ1v) is 8.34. The normalized spacial score (nSPS) is 20.5. The number of hydrogen-bond donors (Lipinski definition) is 0. The molecule has 1 fully saturated rings. The van der Waals surface area contributed by atoms with Crippen molar-refractivity contribution in [3.8, 4) is 0 Å². The van der Waals surface area contributed by atoms with E-state index in [1.807, 2.05) is 0 Å². The number of aromatic nitrogens is 2. The van der Waals surface area contributed by atoms with Crippen molar-refractivity contribution in [3.63, 3.8) is 0 Å². The zero-order valence-corrected chi connectivity index (χ0v) is 13.6. The molecule has 118 valence electrons. The standard InChI is InChI=1S/C13H21N3O4S/c1-9-12(10(2)15(3)14-9)21(18,19)16-8-6-5-7-11(16)13(17)20-4/h11H,5-8H2,1-4H3. The molecule has 21 heavy (non-hydrogen) atoms. The maximum absolute atomic E-state index is 12.9. The number of carbonyl (C=O) groups is 1. The summed E-state index contributed by atoms with van der Waals surface area (Å²) in [5, 5.41) is 4.16. The van der Waals surface area contributed by atoms with E-state index in [1.54, 1.807) is 25.6 Å². The lowest BCUT2D eigenvalue weighted by molar-refractivity contribution is -0.146. The molecule has 1 aliphatic rings. The average Bonchev–Trinajstić information content (AvgIpc) is 2.71. The minimum absolute atomic E-state index is 0.195. The third-order valence-corrected chi connectivity index (χ3v) is 6.10. The lowest BCUT2D eigenvalue weighted by atomic mass is 10.1. The number of methoxy groups -OCH3 is 1. The fourth-order valence-corrected chi connectivity index (χ4v) is 4.86. The monoisotopic (exact) mass is 315 g/mol. The minimum atomic E-state index is -3.76. The van der Waals surface area contributed by atoms with Gasteiger partial charge >= 0.3 is 5.97 Å². The van der Waals surface area contributed by atoms with Crippen molar-refractivity contribution in [2.24, 2.45) is 7.05 Å². The molecule has 0 aliphatic carbocycles. The largest absolute Gasteiger partial charge is 0.468 e. The Morgan fingerprint density at radius 2 is 2.00 bits per heavy atom. The van der Waals surface area contributed by atoms with Gasteiger partial charge in [0.1, 0.15) is 10.9 Å². The van der Waals surface area contributed by atoms with Crippen molar-refractivity contribution in [1.82, 2.24) is 14.1 Å². The molecule has 7 nitrogen and oxygen atoms in total. The Bertz CT molecular complexity index is 651. The molecule has 2 rings (SSSR count). The number of carbonyl (C=O) groups excluding carboxylic acids is 1. The van der Waals surface area contributed by atoms with E-state index in [0.29, 0.717) is 24.4 Å². The molecular formula is C13H21N3O4S. The second kappa shape index (κ2) is 5.76. The maximum Gasteiger partial charge on any atom is 0.324 e. The van der Waals surface area contributed by atoms with Gasteiger partial charge < -0.3 is 4.74 Å². The fraction of sp³-hybridized carbons (Fsp3) is 0.692. The Morgan fingerprint density at radius 3 is 2.52 bits per heavy atom. The zero-order chi connectivity index (χ0) is 15.8. The van der Waals surface area contributed by atoms with Crippen LogP contribution >= 0.6 is 0 Å². The van der Waals surface area contributed by atoms with Gasteiger partial charge in [-0.3, -0.25) is 9.48 Å². The summed E-state index contributed by atoms with van der Waals surface area (Å²) in [4.78, 5) is 12.1. The predicted molar refractivity (Wildman–Crippen MR) is 76.2 cm³/mol. The lowest BCUT2D eigenvalue weighted by Gasteiger charge is -2.32. The van der Waals surface area contributed by atoms with Crippen LogP contribution in [-0.4, -0.2) is 48.2 Å². The number of ether oxygens (including phenoxy) is 1. The van der Waals surface area contributed by atoms with Gasteiger partial charge in [-0.15, -0.1) is 0 Å². The van der Waals surface area contributed by atoms with E-state index < -0.39 is 22.0 Å². The molecule has 1 saturated heterocycles. The summed E-state index contributed by atoms with van der Waals surface area (Å²) in [5.74, 6) is -0.502. The van der Waals surface area contributed by atoms with Crippen LogP contribution in [0, 0.1) is 13.8 Å². The summed E-state index contributed by atoms with van der Waals surface area (Å²) in [5.41, 5.74) is 1.02. The van der Waals surface area contributed by atoms with Crippen LogP contribution < -0.4 is 0 Å². The Morgan fingerprint density at radius 1 is 1.33 bits per heavy atom. The molecule has 0 spiro atoms. The molecule has 2 heterocycles. The van der Waals surface area contributed by atoms with E-state index >= 15 is 0 Å². The number of esters is 1. The summed E-state index contributed by atoms with van der Waals surface area (Å²) in [6.07, 6.45) is 2.05. The molecule has 1 aromatic heterocycles. The molecule has 1 atom stereocenters. The average molecular weight is 315 g/mol. The highest BCUT2D eigenvalue weighted by Gasteiger charge is 2.40. The molecule has 0 amide bonds. The van der Waals surface area contributed by atoms with Gasteiger partial charge in [-0.2, -0.15) is 9.40 Å². The predicted octanol–water partition coefficient (Wildman–Crippen LogP) is 0.753. The van der Waals surface area contributed by atoms with Gasteiger partial charge in [0.15, 0.2) is 0 Å². The van der Waals surface area contributed by atoms with Crippen LogP contribution in [0.25, 0.3) is 0 Å². The summed E-state index contributed by atoms with van der Waals surface area (Å²) in [6.45, 7) is 3.71. The van der Waals surface area contributed by atoms with Crippen LogP contribution in [0.3, 0.4) is 0 Å². The molecule has 0 N–H and O–H groups in total. The van der Waals surface area contributed by atoms with Gasteiger partial charge in [0.25, 0.3) is 0 Å². The van der Waals surface area contributed by atoms with Crippen molar-refractivity contribution in [1.29, 1.82) is 0 Å². The molecule has 1 aromatic rings. The van der Waals surface area contributed by atoms with Gasteiger partial charge in [0.05, 0.1) is 18.5 Å². The Kier molecular flexibility index (Phi) is 4.38. The Labute approximate surface area is 124 Å². The van der Waals surface area contributed by atoms with E-state index in [-0.39, 0.29) is 4.90 Å². The molecule has 1 aliphatic heterocycles. The number of sulfonamides is 1. The molecular weight excluding hydrogens is 294 g/mol. The Balaban J connectivity index is 2.48. The van der Waals surface area contributed by atoms with Crippen LogP contribution in [0.15, 0.2) is 4.90 Å². The van der Waals surface area contributed by atoms with Gasteiger partial charge in [-0.05, 0) is 33.1 Å². The smallest absolute Gasteiger partial charge is 0.324 e. The Hall–Kier alpha value is -1.41. The van der Waals surface area contributed by atoms with Crippen LogP contribution in [-0.2, 0) is 26.6 Å². The zero-order valence-electron chi connectivity index (χ0n) is 12.8. The summed E-state index contributed by atoms with van der Waals surface area (Å²) < 4.78 is 33.4. The molecule has 1 unspecified atom stereocenters. The number of aryl methyl sites for hydroxylation is 2. The summed E-state index contributed by atoms with van der Waals surface area (Å²) >= 11 is 0.